The van der Waals surface area contributed by atoms with Crippen molar-refractivity contribution in [1.82, 2.24) is 0 Å². The Labute approximate surface area is 179 Å². The van der Waals surface area contributed by atoms with E-state index in [9.17, 15) is 14.7 Å². The maximum atomic E-state index is 12.7. The Morgan fingerprint density at radius 1 is 1.07 bits per heavy atom. The first-order valence-electron chi connectivity index (χ1n) is 8.96. The summed E-state index contributed by atoms with van der Waals surface area (Å²) in [7, 11) is 0. The average molecular weight is 441 g/mol. The van der Waals surface area contributed by atoms with Crippen molar-refractivity contribution >= 4 is 34.9 Å². The van der Waals surface area contributed by atoms with Crippen LogP contribution in [-0.4, -0.2) is 34.9 Å². The van der Waals surface area contributed by atoms with Crippen molar-refractivity contribution < 1.29 is 28.9 Å². The van der Waals surface area contributed by atoms with Crippen LogP contribution in [0.1, 0.15) is 51.2 Å². The van der Waals surface area contributed by atoms with Crippen molar-refractivity contribution in [3.8, 4) is 21.9 Å². The number of aromatic hydroxyl groups is 1. The molecule has 0 amide bonds. The molecule has 0 spiro atoms. The lowest BCUT2D eigenvalue weighted by Gasteiger charge is -2.20. The average Bonchev–Trinajstić information content (AvgIpc) is 2.86. The monoisotopic (exact) mass is 440 g/mol. The van der Waals surface area contributed by atoms with Gasteiger partial charge in [-0.05, 0) is 59.2 Å². The van der Waals surface area contributed by atoms with E-state index < -0.39 is 29.7 Å². The third-order valence-corrected chi connectivity index (χ3v) is 4.93. The smallest absolute Gasteiger partial charge is 0.352 e. The normalized spacial score (nSPS) is 11.8. The molecule has 158 valence electrons. The molecule has 1 aromatic heterocycles. The zero-order chi connectivity index (χ0) is 22.0. The zero-order valence-electron chi connectivity index (χ0n) is 17.3. The van der Waals surface area contributed by atoms with Gasteiger partial charge in [-0.15, -0.1) is 11.3 Å². The van der Waals surface area contributed by atoms with Crippen LogP contribution in [0, 0.1) is 0 Å². The molecule has 2 aromatic rings. The fourth-order valence-electron chi connectivity index (χ4n) is 2.32. The molecule has 0 aliphatic heterocycles. The van der Waals surface area contributed by atoms with Crippen molar-refractivity contribution in [2.75, 3.05) is 6.61 Å². The lowest BCUT2D eigenvalue weighted by molar-refractivity contribution is -0.157. The predicted octanol–water partition coefficient (Wildman–Crippen LogP) is 5.45. The minimum Gasteiger partial charge on any atom is -0.508 e. The molecule has 0 saturated carbocycles. The molecule has 1 heterocycles. The van der Waals surface area contributed by atoms with E-state index in [4.69, 9.17) is 25.8 Å². The number of carbonyl (C=O) groups is 2. The molecule has 1 N–H and O–H groups in total. The predicted molar refractivity (Wildman–Crippen MR) is 113 cm³/mol. The number of phenolic OH excluding ortho intramolecular Hbond substituents is 1. The lowest BCUT2D eigenvalue weighted by atomic mass is 10.1. The fraction of sp³-hybridized carbons (Fsp3) is 0.429. The largest absolute Gasteiger partial charge is 0.508 e. The highest BCUT2D eigenvalue weighted by atomic mass is 35.5. The van der Waals surface area contributed by atoms with E-state index in [0.717, 1.165) is 11.3 Å². The molecule has 29 heavy (non-hydrogen) atoms. The van der Waals surface area contributed by atoms with E-state index in [1.807, 2.05) is 0 Å². The molecule has 2 rings (SSSR count). The van der Waals surface area contributed by atoms with Gasteiger partial charge in [0.15, 0.2) is 17.2 Å². The van der Waals surface area contributed by atoms with Crippen molar-refractivity contribution in [2.45, 2.75) is 52.7 Å². The van der Waals surface area contributed by atoms with Gasteiger partial charge in [-0.25, -0.2) is 9.59 Å². The number of hydrogen-bond donors (Lipinski definition) is 1. The highest BCUT2D eigenvalue weighted by Crippen LogP contribution is 2.46. The van der Waals surface area contributed by atoms with E-state index in [1.54, 1.807) is 53.7 Å². The van der Waals surface area contributed by atoms with Crippen LogP contribution < -0.4 is 4.74 Å². The molecule has 0 radical (unpaired) electrons. The molecule has 0 bridgehead atoms. The lowest BCUT2D eigenvalue weighted by Crippen LogP contribution is -2.28. The molecule has 0 unspecified atom stereocenters. The SMILES string of the molecule is CC(C)(C)OC(=O)COc1c(C(=O)OC(C)(C)C)sc(-c2cccc(O)c2)c1Cl. The summed E-state index contributed by atoms with van der Waals surface area (Å²) in [5.41, 5.74) is -0.780. The van der Waals surface area contributed by atoms with Gasteiger partial charge in [-0.1, -0.05) is 23.7 Å². The van der Waals surface area contributed by atoms with Gasteiger partial charge >= 0.3 is 11.9 Å². The molecule has 0 atom stereocenters. The molecule has 1 aromatic carbocycles. The minimum atomic E-state index is -0.721. The molecule has 8 heteroatoms. The molecular formula is C21H25ClO6S. The Kier molecular flexibility index (Phi) is 6.86. The van der Waals surface area contributed by atoms with Crippen molar-refractivity contribution in [2.24, 2.45) is 0 Å². The Hall–Kier alpha value is -2.25. The van der Waals surface area contributed by atoms with Crippen LogP contribution >= 0.6 is 22.9 Å². The Balaban J connectivity index is 2.41. The number of esters is 2. The van der Waals surface area contributed by atoms with Crippen LogP contribution in [0.4, 0.5) is 0 Å². The topological polar surface area (TPSA) is 82.1 Å². The number of hydrogen-bond acceptors (Lipinski definition) is 7. The minimum absolute atomic E-state index is 0.0510. The van der Waals surface area contributed by atoms with Gasteiger partial charge in [-0.3, -0.25) is 0 Å². The second-order valence-corrected chi connectivity index (χ2v) is 9.73. The summed E-state index contributed by atoms with van der Waals surface area (Å²) in [4.78, 5) is 25.4. The molecular weight excluding hydrogens is 416 g/mol. The second kappa shape index (κ2) is 8.63. The van der Waals surface area contributed by atoms with E-state index in [1.165, 1.54) is 12.1 Å². The zero-order valence-corrected chi connectivity index (χ0v) is 18.9. The maximum Gasteiger partial charge on any atom is 0.352 e. The van der Waals surface area contributed by atoms with E-state index in [-0.39, 0.29) is 21.4 Å². The van der Waals surface area contributed by atoms with Crippen LogP contribution in [0.3, 0.4) is 0 Å². The number of benzene rings is 1. The van der Waals surface area contributed by atoms with Gasteiger partial charge in [0.1, 0.15) is 22.0 Å². The Morgan fingerprint density at radius 2 is 1.69 bits per heavy atom. The number of phenols is 1. The van der Waals surface area contributed by atoms with Crippen molar-refractivity contribution in [3.05, 3.63) is 34.2 Å². The summed E-state index contributed by atoms with van der Waals surface area (Å²) >= 11 is 7.56. The fourth-order valence-corrected chi connectivity index (χ4v) is 3.76. The van der Waals surface area contributed by atoms with Gasteiger partial charge in [0.25, 0.3) is 0 Å². The van der Waals surface area contributed by atoms with Gasteiger partial charge in [0, 0.05) is 0 Å². The van der Waals surface area contributed by atoms with Crippen LogP contribution in [0.15, 0.2) is 24.3 Å². The van der Waals surface area contributed by atoms with Crippen LogP contribution in [-0.2, 0) is 14.3 Å². The second-order valence-electron chi connectivity index (χ2n) is 8.33. The van der Waals surface area contributed by atoms with Crippen molar-refractivity contribution in [1.29, 1.82) is 0 Å². The molecule has 0 aliphatic carbocycles. The number of carbonyl (C=O) groups excluding carboxylic acids is 2. The molecule has 0 saturated heterocycles. The van der Waals surface area contributed by atoms with E-state index in [2.05, 4.69) is 0 Å². The first-order valence-corrected chi connectivity index (χ1v) is 10.2. The van der Waals surface area contributed by atoms with Crippen LogP contribution in [0.2, 0.25) is 5.02 Å². The standard InChI is InChI=1S/C21H25ClO6S/c1-20(2,3)27-14(24)11-26-16-15(22)17(12-8-7-9-13(23)10-12)29-18(16)19(25)28-21(4,5)6/h7-10,23H,11H2,1-6H3. The van der Waals surface area contributed by atoms with Gasteiger partial charge in [-0.2, -0.15) is 0 Å². The summed E-state index contributed by atoms with van der Waals surface area (Å²) in [6, 6.07) is 6.46. The third-order valence-electron chi connectivity index (χ3n) is 3.26. The van der Waals surface area contributed by atoms with Gasteiger partial charge in [0.05, 0.1) is 4.88 Å². The number of halogens is 1. The first kappa shape index (κ1) is 23.0. The summed E-state index contributed by atoms with van der Waals surface area (Å²) < 4.78 is 16.3. The summed E-state index contributed by atoms with van der Waals surface area (Å²) in [6.45, 7) is 10.1. The first-order chi connectivity index (χ1) is 13.3. The Bertz CT molecular complexity index is 905. The van der Waals surface area contributed by atoms with E-state index >= 15 is 0 Å². The van der Waals surface area contributed by atoms with Crippen LogP contribution in [0.5, 0.6) is 11.5 Å². The highest BCUT2D eigenvalue weighted by Gasteiger charge is 2.29. The quantitative estimate of drug-likeness (QED) is 0.622. The van der Waals surface area contributed by atoms with Crippen molar-refractivity contribution in [3.63, 3.8) is 0 Å². The maximum absolute atomic E-state index is 12.7. The van der Waals surface area contributed by atoms with Gasteiger partial charge < -0.3 is 19.3 Å². The Morgan fingerprint density at radius 3 is 2.24 bits per heavy atom. The third kappa shape index (κ3) is 6.65. The molecule has 6 nitrogen and oxygen atoms in total. The number of ether oxygens (including phenoxy) is 3. The summed E-state index contributed by atoms with van der Waals surface area (Å²) in [5.74, 6) is -1.10. The highest BCUT2D eigenvalue weighted by molar-refractivity contribution is 7.18. The number of thiophene rings is 1. The molecule has 0 aliphatic rings. The summed E-state index contributed by atoms with van der Waals surface area (Å²) in [5, 5.41) is 9.92. The number of rotatable bonds is 5. The summed E-state index contributed by atoms with van der Waals surface area (Å²) in [6.07, 6.45) is 0. The van der Waals surface area contributed by atoms with Crippen LogP contribution in [0.25, 0.3) is 10.4 Å². The van der Waals surface area contributed by atoms with E-state index in [0.29, 0.717) is 10.4 Å². The molecule has 0 fully saturated rings. The van der Waals surface area contributed by atoms with Gasteiger partial charge in [0.2, 0.25) is 0 Å².